The zero-order valence-corrected chi connectivity index (χ0v) is 14.8. The summed E-state index contributed by atoms with van der Waals surface area (Å²) in [6, 6.07) is 6.92. The minimum atomic E-state index is -0.514. The maximum absolute atomic E-state index is 12.4. The molecule has 0 aromatic heterocycles. The molecule has 0 saturated carbocycles. The fourth-order valence-corrected chi connectivity index (χ4v) is 2.94. The minimum absolute atomic E-state index is 0.0508. The largest absolute Gasteiger partial charge is 0.344 e. The second kappa shape index (κ2) is 9.74. The average Bonchev–Trinajstić information content (AvgIpc) is 2.49. The Hall–Kier alpha value is -1.20. The Morgan fingerprint density at radius 2 is 1.95 bits per heavy atom. The van der Waals surface area contributed by atoms with E-state index in [1.54, 1.807) is 11.9 Å². The highest BCUT2D eigenvalue weighted by atomic mass is 35.5. The molecule has 1 N–H and O–H groups in total. The van der Waals surface area contributed by atoms with Gasteiger partial charge in [0.2, 0.25) is 11.8 Å². The van der Waals surface area contributed by atoms with Gasteiger partial charge in [-0.15, -0.1) is 11.8 Å². The molecule has 1 unspecified atom stereocenters. The summed E-state index contributed by atoms with van der Waals surface area (Å²) in [5.41, 5.74) is 0. The smallest absolute Gasteiger partial charge is 0.245 e. The zero-order valence-electron chi connectivity index (χ0n) is 13.3. The number of likely N-dealkylation sites (N-methyl/N-ethyl adjacent to an activating group) is 1. The first-order chi connectivity index (χ1) is 10.4. The monoisotopic (exact) mass is 342 g/mol. The first-order valence-electron chi connectivity index (χ1n) is 7.34. The maximum Gasteiger partial charge on any atom is 0.245 e. The normalized spacial score (nSPS) is 11.8. The fourth-order valence-electron chi connectivity index (χ4n) is 1.90. The number of hydrogen-bond donors (Lipinski definition) is 1. The molecule has 0 spiro atoms. The highest BCUT2D eigenvalue weighted by molar-refractivity contribution is 7.99. The lowest BCUT2D eigenvalue weighted by molar-refractivity contribution is -0.134. The van der Waals surface area contributed by atoms with E-state index in [4.69, 9.17) is 11.6 Å². The summed E-state index contributed by atoms with van der Waals surface area (Å²) < 4.78 is 0. The zero-order chi connectivity index (χ0) is 16.5. The molecule has 0 aliphatic heterocycles. The second-order valence-electron chi connectivity index (χ2n) is 5.13. The molecule has 1 rings (SSSR count). The number of amides is 2. The van der Waals surface area contributed by atoms with Crippen LogP contribution in [0.1, 0.15) is 26.7 Å². The van der Waals surface area contributed by atoms with Gasteiger partial charge >= 0.3 is 0 Å². The summed E-state index contributed by atoms with van der Waals surface area (Å²) in [7, 11) is 1.78. The van der Waals surface area contributed by atoms with Crippen molar-refractivity contribution < 1.29 is 9.59 Å². The van der Waals surface area contributed by atoms with Crippen molar-refractivity contribution in [3.05, 3.63) is 29.3 Å². The summed E-state index contributed by atoms with van der Waals surface area (Å²) >= 11 is 7.38. The minimum Gasteiger partial charge on any atom is -0.344 e. The van der Waals surface area contributed by atoms with Crippen molar-refractivity contribution in [3.63, 3.8) is 0 Å². The van der Waals surface area contributed by atoms with Gasteiger partial charge < -0.3 is 10.2 Å². The van der Waals surface area contributed by atoms with Crippen LogP contribution in [0.3, 0.4) is 0 Å². The number of benzene rings is 1. The van der Waals surface area contributed by atoms with Gasteiger partial charge in [-0.25, -0.2) is 0 Å². The van der Waals surface area contributed by atoms with Crippen LogP contribution in [0.5, 0.6) is 0 Å². The molecule has 2 amide bonds. The maximum atomic E-state index is 12.4. The van der Waals surface area contributed by atoms with Gasteiger partial charge in [0.15, 0.2) is 0 Å². The van der Waals surface area contributed by atoms with Gasteiger partial charge in [0.1, 0.15) is 6.04 Å². The van der Waals surface area contributed by atoms with Crippen molar-refractivity contribution in [2.45, 2.75) is 37.6 Å². The number of nitrogens with one attached hydrogen (secondary N) is 1. The number of hydrogen-bond acceptors (Lipinski definition) is 3. The predicted octanol–water partition coefficient (Wildman–Crippen LogP) is 3.20. The van der Waals surface area contributed by atoms with Crippen LogP contribution in [0.4, 0.5) is 0 Å². The third-order valence-electron chi connectivity index (χ3n) is 3.13. The molecule has 0 fully saturated rings. The van der Waals surface area contributed by atoms with Gasteiger partial charge in [-0.1, -0.05) is 24.9 Å². The molecule has 0 saturated heterocycles. The van der Waals surface area contributed by atoms with Gasteiger partial charge in [-0.3, -0.25) is 9.59 Å². The van der Waals surface area contributed by atoms with Crippen molar-refractivity contribution in [2.75, 3.05) is 19.3 Å². The van der Waals surface area contributed by atoms with Crippen LogP contribution in [0.2, 0.25) is 5.02 Å². The molecule has 4 nitrogen and oxygen atoms in total. The molecule has 0 bridgehead atoms. The van der Waals surface area contributed by atoms with Crippen molar-refractivity contribution in [3.8, 4) is 0 Å². The SMILES string of the molecule is CCCCN(C)C(=O)C(CSc1ccc(Cl)cc1)NC(C)=O. The molecule has 0 aliphatic carbocycles. The number of thioether (sulfide) groups is 1. The molecule has 122 valence electrons. The van der Waals surface area contributed by atoms with Crippen LogP contribution in [-0.2, 0) is 9.59 Å². The molecule has 1 aromatic carbocycles. The molecular formula is C16H23ClN2O2S. The molecule has 0 heterocycles. The van der Waals surface area contributed by atoms with Crippen LogP contribution in [0.15, 0.2) is 29.2 Å². The Bertz CT molecular complexity index is 493. The molecule has 0 aliphatic rings. The Kier molecular flexibility index (Phi) is 8.35. The summed E-state index contributed by atoms with van der Waals surface area (Å²) in [5.74, 6) is 0.250. The second-order valence-corrected chi connectivity index (χ2v) is 6.66. The van der Waals surface area contributed by atoms with Crippen molar-refractivity contribution >= 4 is 35.2 Å². The van der Waals surface area contributed by atoms with E-state index < -0.39 is 6.04 Å². The summed E-state index contributed by atoms with van der Waals surface area (Å²) in [6.45, 7) is 4.22. The van der Waals surface area contributed by atoms with E-state index in [-0.39, 0.29) is 11.8 Å². The van der Waals surface area contributed by atoms with Gasteiger partial charge in [-0.05, 0) is 30.7 Å². The molecule has 0 radical (unpaired) electrons. The van der Waals surface area contributed by atoms with Crippen LogP contribution in [0, 0.1) is 0 Å². The van der Waals surface area contributed by atoms with E-state index >= 15 is 0 Å². The Morgan fingerprint density at radius 3 is 2.50 bits per heavy atom. The van der Waals surface area contributed by atoms with Crippen molar-refractivity contribution in [1.29, 1.82) is 0 Å². The van der Waals surface area contributed by atoms with Gasteiger partial charge in [0.25, 0.3) is 0 Å². The number of unbranched alkanes of at least 4 members (excludes halogenated alkanes) is 1. The van der Waals surface area contributed by atoms with Gasteiger partial charge in [0.05, 0.1) is 0 Å². The number of halogens is 1. The van der Waals surface area contributed by atoms with E-state index in [2.05, 4.69) is 12.2 Å². The molecule has 1 aromatic rings. The van der Waals surface area contributed by atoms with E-state index in [0.717, 1.165) is 17.7 Å². The third-order valence-corrected chi connectivity index (χ3v) is 4.49. The van der Waals surface area contributed by atoms with Gasteiger partial charge in [0, 0.05) is 36.2 Å². The lowest BCUT2D eigenvalue weighted by Crippen LogP contribution is -2.48. The lowest BCUT2D eigenvalue weighted by Gasteiger charge is -2.24. The number of rotatable bonds is 8. The molecule has 1 atom stereocenters. The Labute approximate surface area is 141 Å². The fraction of sp³-hybridized carbons (Fsp3) is 0.500. The highest BCUT2D eigenvalue weighted by Gasteiger charge is 2.22. The van der Waals surface area contributed by atoms with Gasteiger partial charge in [-0.2, -0.15) is 0 Å². The number of carbonyl (C=O) groups excluding carboxylic acids is 2. The van der Waals surface area contributed by atoms with E-state index in [9.17, 15) is 9.59 Å². The topological polar surface area (TPSA) is 49.4 Å². The van der Waals surface area contributed by atoms with Crippen LogP contribution >= 0.6 is 23.4 Å². The first-order valence-corrected chi connectivity index (χ1v) is 8.70. The van der Waals surface area contributed by atoms with E-state index in [1.165, 1.54) is 18.7 Å². The Balaban J connectivity index is 2.65. The average molecular weight is 343 g/mol. The molecule has 6 heteroatoms. The first kappa shape index (κ1) is 18.8. The van der Waals surface area contributed by atoms with Crippen molar-refractivity contribution in [2.24, 2.45) is 0 Å². The van der Waals surface area contributed by atoms with Crippen LogP contribution in [0.25, 0.3) is 0 Å². The van der Waals surface area contributed by atoms with Crippen LogP contribution < -0.4 is 5.32 Å². The summed E-state index contributed by atoms with van der Waals surface area (Å²) in [6.07, 6.45) is 1.99. The number of nitrogens with zero attached hydrogens (tertiary/aromatic N) is 1. The van der Waals surface area contributed by atoms with Crippen LogP contribution in [-0.4, -0.2) is 42.1 Å². The summed E-state index contributed by atoms with van der Waals surface area (Å²) in [5, 5.41) is 3.42. The van der Waals surface area contributed by atoms with E-state index in [1.807, 2.05) is 24.3 Å². The Morgan fingerprint density at radius 1 is 1.32 bits per heavy atom. The standard InChI is InChI=1S/C16H23ClN2O2S/c1-4-5-10-19(3)16(21)15(18-12(2)20)11-22-14-8-6-13(17)7-9-14/h6-9,15H,4-5,10-11H2,1-3H3,(H,18,20). The highest BCUT2D eigenvalue weighted by Crippen LogP contribution is 2.21. The third kappa shape index (κ3) is 6.71. The molecule has 22 heavy (non-hydrogen) atoms. The molecular weight excluding hydrogens is 320 g/mol. The number of carbonyl (C=O) groups is 2. The quantitative estimate of drug-likeness (QED) is 0.738. The lowest BCUT2D eigenvalue weighted by atomic mass is 10.2. The van der Waals surface area contributed by atoms with Crippen molar-refractivity contribution in [1.82, 2.24) is 10.2 Å². The summed E-state index contributed by atoms with van der Waals surface area (Å²) in [4.78, 5) is 26.5. The van der Waals surface area contributed by atoms with E-state index in [0.29, 0.717) is 17.3 Å². The predicted molar refractivity (Wildman–Crippen MR) is 92.3 cm³/mol.